The van der Waals surface area contributed by atoms with Crippen LogP contribution in [0.4, 0.5) is 0 Å². The SMILES string of the molecule is C[C@H](C=O)[C@@H]1CC[C@]2(C)CC[C@]3(C)[C@H](CC[C@@H]4[C@]5(C)[C@@H](CC[C@]43C)C(C)(C)CCC5(O)O)[C@@H]12. The molecule has 3 nitrogen and oxygen atoms in total. The van der Waals surface area contributed by atoms with Crippen molar-refractivity contribution >= 4 is 6.29 Å². The Labute approximate surface area is 202 Å². The smallest absolute Gasteiger partial charge is 0.168 e. The third kappa shape index (κ3) is 2.85. The highest BCUT2D eigenvalue weighted by atomic mass is 16.5. The third-order valence-electron chi connectivity index (χ3n) is 13.8. The molecule has 0 radical (unpaired) electrons. The van der Waals surface area contributed by atoms with Gasteiger partial charge in [0.25, 0.3) is 0 Å². The molecular weight excluding hydrogens is 408 g/mol. The molecule has 5 aliphatic rings. The first-order chi connectivity index (χ1) is 15.2. The van der Waals surface area contributed by atoms with Crippen molar-refractivity contribution in [2.24, 2.45) is 62.6 Å². The minimum absolute atomic E-state index is 0.115. The van der Waals surface area contributed by atoms with Crippen LogP contribution in [0.15, 0.2) is 0 Å². The molecule has 188 valence electrons. The van der Waals surface area contributed by atoms with Crippen molar-refractivity contribution in [3.05, 3.63) is 0 Å². The van der Waals surface area contributed by atoms with Crippen molar-refractivity contribution in [2.75, 3.05) is 0 Å². The first-order valence-corrected chi connectivity index (χ1v) is 14.1. The highest BCUT2D eigenvalue weighted by molar-refractivity contribution is 5.53. The maximum absolute atomic E-state index is 11.9. The molecule has 5 saturated carbocycles. The second-order valence-electron chi connectivity index (χ2n) is 15.1. The highest BCUT2D eigenvalue weighted by Crippen LogP contribution is 2.78. The lowest BCUT2D eigenvalue weighted by Crippen LogP contribution is -2.71. The van der Waals surface area contributed by atoms with Crippen LogP contribution in [0.2, 0.25) is 0 Å². The molecule has 5 aliphatic carbocycles. The molecule has 0 aromatic carbocycles. The van der Waals surface area contributed by atoms with Crippen molar-refractivity contribution in [3.63, 3.8) is 0 Å². The summed E-state index contributed by atoms with van der Waals surface area (Å²) < 4.78 is 0. The Hall–Kier alpha value is -0.410. The van der Waals surface area contributed by atoms with Crippen LogP contribution in [0.5, 0.6) is 0 Å². The van der Waals surface area contributed by atoms with E-state index in [2.05, 4.69) is 48.5 Å². The van der Waals surface area contributed by atoms with Crippen molar-refractivity contribution in [2.45, 2.75) is 118 Å². The number of hydrogen-bond acceptors (Lipinski definition) is 3. The molecule has 0 saturated heterocycles. The molecule has 10 atom stereocenters. The Kier molecular flexibility index (Phi) is 5.22. The minimum Gasteiger partial charge on any atom is -0.365 e. The van der Waals surface area contributed by atoms with E-state index >= 15 is 0 Å². The van der Waals surface area contributed by atoms with Gasteiger partial charge < -0.3 is 15.0 Å². The Morgan fingerprint density at radius 1 is 0.758 bits per heavy atom. The molecule has 0 aromatic rings. The highest BCUT2D eigenvalue weighted by Gasteiger charge is 2.73. The van der Waals surface area contributed by atoms with Crippen LogP contribution >= 0.6 is 0 Å². The van der Waals surface area contributed by atoms with Gasteiger partial charge in [-0.05, 0) is 109 Å². The summed E-state index contributed by atoms with van der Waals surface area (Å²) in [4.78, 5) is 11.9. The largest absolute Gasteiger partial charge is 0.365 e. The van der Waals surface area contributed by atoms with E-state index < -0.39 is 11.2 Å². The van der Waals surface area contributed by atoms with E-state index in [0.29, 0.717) is 41.4 Å². The molecule has 0 heterocycles. The zero-order valence-corrected chi connectivity index (χ0v) is 22.4. The van der Waals surface area contributed by atoms with Gasteiger partial charge in [-0.1, -0.05) is 48.5 Å². The zero-order chi connectivity index (χ0) is 24.2. The Balaban J connectivity index is 1.58. The van der Waals surface area contributed by atoms with Gasteiger partial charge in [0.1, 0.15) is 6.29 Å². The summed E-state index contributed by atoms with van der Waals surface area (Å²) in [6.07, 6.45) is 12.2. The molecule has 0 spiro atoms. The van der Waals surface area contributed by atoms with Gasteiger partial charge in [-0.15, -0.1) is 0 Å². The molecule has 5 rings (SSSR count). The van der Waals surface area contributed by atoms with Gasteiger partial charge in [0, 0.05) is 17.8 Å². The second-order valence-corrected chi connectivity index (χ2v) is 15.1. The Morgan fingerprint density at radius 3 is 2.12 bits per heavy atom. The molecule has 2 N–H and O–H groups in total. The van der Waals surface area contributed by atoms with Crippen molar-refractivity contribution in [3.8, 4) is 0 Å². The minimum atomic E-state index is -1.58. The summed E-state index contributed by atoms with van der Waals surface area (Å²) in [6.45, 7) is 16.8. The lowest BCUT2D eigenvalue weighted by Gasteiger charge is -2.74. The van der Waals surface area contributed by atoms with E-state index in [4.69, 9.17) is 0 Å². The summed E-state index contributed by atoms with van der Waals surface area (Å²) in [6, 6.07) is 0. The summed E-state index contributed by atoms with van der Waals surface area (Å²) in [7, 11) is 0. The molecule has 5 fully saturated rings. The van der Waals surface area contributed by atoms with Gasteiger partial charge in [0.05, 0.1) is 0 Å². The molecule has 0 aromatic heterocycles. The lowest BCUT2D eigenvalue weighted by molar-refractivity contribution is -0.352. The van der Waals surface area contributed by atoms with Crippen LogP contribution in [-0.4, -0.2) is 22.3 Å². The standard InChI is InChI=1S/C30H50O3/c1-19(18-31)20-10-12-26(4)15-16-27(5)21(24(20)26)8-9-23-28(27,6)13-11-22-25(2,3)14-17-30(32,33)29(22,23)7/h18-24,32-33H,8-17H2,1-7H3/t19-,20+,21-,22+,23+,24-,26-,27-,28-,29+/m1/s1. The second kappa shape index (κ2) is 7.09. The Morgan fingerprint density at radius 2 is 1.45 bits per heavy atom. The number of rotatable bonds is 2. The summed E-state index contributed by atoms with van der Waals surface area (Å²) in [5.74, 6) is 1.08. The summed E-state index contributed by atoms with van der Waals surface area (Å²) >= 11 is 0. The third-order valence-corrected chi connectivity index (χ3v) is 13.8. The molecule has 0 aliphatic heterocycles. The average molecular weight is 459 g/mol. The molecule has 33 heavy (non-hydrogen) atoms. The average Bonchev–Trinajstić information content (AvgIpc) is 3.09. The fourth-order valence-corrected chi connectivity index (χ4v) is 11.6. The number of carbonyl (C=O) groups is 1. The molecular formula is C30H50O3. The van der Waals surface area contributed by atoms with Crippen LogP contribution in [0.25, 0.3) is 0 Å². The quantitative estimate of drug-likeness (QED) is 0.362. The van der Waals surface area contributed by atoms with Crippen molar-refractivity contribution < 1.29 is 15.0 Å². The lowest BCUT2D eigenvalue weighted by atomic mass is 9.31. The Bertz CT molecular complexity index is 817. The molecule has 3 heteroatoms. The zero-order valence-electron chi connectivity index (χ0n) is 22.4. The van der Waals surface area contributed by atoms with Gasteiger partial charge in [-0.25, -0.2) is 0 Å². The fraction of sp³-hybridized carbons (Fsp3) is 0.967. The van der Waals surface area contributed by atoms with Crippen LogP contribution in [0.3, 0.4) is 0 Å². The number of hydrogen-bond donors (Lipinski definition) is 2. The number of aldehydes is 1. The molecule has 0 amide bonds. The van der Waals surface area contributed by atoms with Crippen LogP contribution in [-0.2, 0) is 4.79 Å². The predicted molar refractivity (Wildman–Crippen MR) is 132 cm³/mol. The normalized spacial score (nSPS) is 55.5. The number of aliphatic hydroxyl groups is 2. The maximum atomic E-state index is 11.9. The number of fused-ring (bicyclic) bond motifs is 7. The van der Waals surface area contributed by atoms with E-state index in [1.807, 2.05) is 0 Å². The van der Waals surface area contributed by atoms with E-state index in [9.17, 15) is 15.0 Å². The van der Waals surface area contributed by atoms with Crippen LogP contribution in [0.1, 0.15) is 113 Å². The predicted octanol–water partition coefficient (Wildman–Crippen LogP) is 6.60. The van der Waals surface area contributed by atoms with Crippen molar-refractivity contribution in [1.29, 1.82) is 0 Å². The molecule has 0 bridgehead atoms. The van der Waals surface area contributed by atoms with Gasteiger partial charge in [-0.2, -0.15) is 0 Å². The monoisotopic (exact) mass is 458 g/mol. The van der Waals surface area contributed by atoms with Crippen molar-refractivity contribution in [1.82, 2.24) is 0 Å². The molecule has 0 unspecified atom stereocenters. The van der Waals surface area contributed by atoms with Crippen LogP contribution in [0, 0.1) is 62.6 Å². The summed E-state index contributed by atoms with van der Waals surface area (Å²) in [5.41, 5.74) is 0.396. The maximum Gasteiger partial charge on any atom is 0.168 e. The van der Waals surface area contributed by atoms with Gasteiger partial charge in [-0.3, -0.25) is 0 Å². The van der Waals surface area contributed by atoms with Gasteiger partial charge >= 0.3 is 0 Å². The first-order valence-electron chi connectivity index (χ1n) is 14.1. The van der Waals surface area contributed by atoms with Gasteiger partial charge in [0.15, 0.2) is 5.79 Å². The van der Waals surface area contributed by atoms with E-state index in [1.54, 1.807) is 0 Å². The van der Waals surface area contributed by atoms with E-state index in [1.165, 1.54) is 44.8 Å². The van der Waals surface area contributed by atoms with Gasteiger partial charge in [0.2, 0.25) is 0 Å². The van der Waals surface area contributed by atoms with Crippen LogP contribution < -0.4 is 0 Å². The summed E-state index contributed by atoms with van der Waals surface area (Å²) in [5, 5.41) is 23.1. The fourth-order valence-electron chi connectivity index (χ4n) is 11.6. The first kappa shape index (κ1) is 24.3. The number of carbonyl (C=O) groups excluding carboxylic acids is 1. The van der Waals surface area contributed by atoms with E-state index in [0.717, 1.165) is 19.3 Å². The topological polar surface area (TPSA) is 57.5 Å². The van der Waals surface area contributed by atoms with E-state index in [-0.39, 0.29) is 22.2 Å².